The number of fused-ring (bicyclic) bond motifs is 1. The topological polar surface area (TPSA) is 59.3 Å². The Bertz CT molecular complexity index is 1080. The maximum absolute atomic E-state index is 12.6. The van der Waals surface area contributed by atoms with E-state index in [0.29, 0.717) is 44.7 Å². The van der Waals surface area contributed by atoms with Crippen molar-refractivity contribution in [2.75, 3.05) is 5.43 Å². The minimum absolute atomic E-state index is 0.124. The minimum Gasteiger partial charge on any atom is -0.277 e. The third kappa shape index (κ3) is 3.43. The fraction of sp³-hybridized carbons (Fsp3) is 0.167. The molecule has 0 bridgehead atoms. The monoisotopic (exact) mass is 408 g/mol. The molecule has 0 aliphatic carbocycles. The maximum atomic E-state index is 12.6. The third-order valence-corrected chi connectivity index (χ3v) is 5.22. The van der Waals surface area contributed by atoms with Crippen molar-refractivity contribution in [2.24, 2.45) is 5.10 Å². The van der Waals surface area contributed by atoms with Gasteiger partial charge in [0.05, 0.1) is 31.7 Å². The summed E-state index contributed by atoms with van der Waals surface area (Å²) in [5.41, 5.74) is 4.56. The second-order valence-corrected chi connectivity index (χ2v) is 6.70. The van der Waals surface area contributed by atoms with Gasteiger partial charge in [-0.1, -0.05) is 53.0 Å². The van der Waals surface area contributed by atoms with Crippen LogP contribution in [0.25, 0.3) is 10.9 Å². The van der Waals surface area contributed by atoms with E-state index in [9.17, 15) is 4.79 Å². The average Bonchev–Trinajstić information content (AvgIpc) is 2.64. The van der Waals surface area contributed by atoms with Gasteiger partial charge in [0.2, 0.25) is 5.95 Å². The lowest BCUT2D eigenvalue weighted by molar-refractivity contribution is 0.724. The van der Waals surface area contributed by atoms with Gasteiger partial charge in [-0.25, -0.2) is 10.4 Å². The summed E-state index contributed by atoms with van der Waals surface area (Å²) in [6.45, 7) is 4.10. The van der Waals surface area contributed by atoms with Crippen molar-refractivity contribution in [1.82, 2.24) is 9.55 Å². The van der Waals surface area contributed by atoms with Crippen LogP contribution < -0.4 is 11.0 Å². The smallest absolute Gasteiger partial charge is 0.262 e. The van der Waals surface area contributed by atoms with Crippen LogP contribution in [0.1, 0.15) is 19.4 Å². The zero-order valence-electron chi connectivity index (χ0n) is 14.1. The van der Waals surface area contributed by atoms with E-state index < -0.39 is 0 Å². The number of halogens is 3. The molecule has 134 valence electrons. The molecule has 0 atom stereocenters. The molecule has 0 saturated heterocycles. The molecule has 1 heterocycles. The fourth-order valence-electron chi connectivity index (χ4n) is 2.55. The molecule has 0 spiro atoms. The number of para-hydroxylation sites is 1. The van der Waals surface area contributed by atoms with Gasteiger partial charge >= 0.3 is 0 Å². The third-order valence-electron chi connectivity index (χ3n) is 3.93. The van der Waals surface area contributed by atoms with Gasteiger partial charge in [-0.3, -0.25) is 9.36 Å². The standard InChI is InChI=1S/C18H15Cl3N4O/c1-3-25-17(26)12-6-4-5-7-14(12)22-18(25)24-23-10(2)11-8-9-13(19)16(21)15(11)20/h4-9H,3H2,1-2H3,(H,22,24)/b23-10-. The molecule has 3 aromatic rings. The molecule has 0 aliphatic heterocycles. The van der Waals surface area contributed by atoms with Gasteiger partial charge in [0.15, 0.2) is 0 Å². The van der Waals surface area contributed by atoms with Crippen molar-refractivity contribution in [3.05, 3.63) is 67.4 Å². The van der Waals surface area contributed by atoms with E-state index in [1.807, 2.05) is 19.1 Å². The Morgan fingerprint density at radius 2 is 1.88 bits per heavy atom. The number of hydrazone groups is 1. The lowest BCUT2D eigenvalue weighted by atomic mass is 10.1. The van der Waals surface area contributed by atoms with Gasteiger partial charge in [-0.2, -0.15) is 5.10 Å². The first kappa shape index (κ1) is 18.7. The Balaban J connectivity index is 2.03. The SMILES string of the molecule is CCn1c(N/N=C(/C)c2ccc(Cl)c(Cl)c2Cl)nc2ccccc2c1=O. The molecule has 26 heavy (non-hydrogen) atoms. The normalized spacial score (nSPS) is 11.8. The summed E-state index contributed by atoms with van der Waals surface area (Å²) in [5, 5.41) is 5.84. The number of nitrogens with one attached hydrogen (secondary N) is 1. The zero-order valence-corrected chi connectivity index (χ0v) is 16.3. The van der Waals surface area contributed by atoms with E-state index in [-0.39, 0.29) is 10.6 Å². The van der Waals surface area contributed by atoms with Crippen LogP contribution in [0.5, 0.6) is 0 Å². The van der Waals surface area contributed by atoms with E-state index in [1.165, 1.54) is 4.57 Å². The second-order valence-electron chi connectivity index (χ2n) is 5.53. The van der Waals surface area contributed by atoms with E-state index in [0.717, 1.165) is 0 Å². The molecule has 5 nitrogen and oxygen atoms in total. The zero-order chi connectivity index (χ0) is 18.8. The van der Waals surface area contributed by atoms with Crippen LogP contribution in [0.2, 0.25) is 15.1 Å². The summed E-state index contributed by atoms with van der Waals surface area (Å²) >= 11 is 18.3. The van der Waals surface area contributed by atoms with E-state index in [2.05, 4.69) is 15.5 Å². The van der Waals surface area contributed by atoms with E-state index in [1.54, 1.807) is 31.2 Å². The predicted octanol–water partition coefficient (Wildman–Crippen LogP) is 5.21. The minimum atomic E-state index is -0.124. The van der Waals surface area contributed by atoms with E-state index in [4.69, 9.17) is 34.8 Å². The maximum Gasteiger partial charge on any atom is 0.262 e. The Labute approximate surface area is 165 Å². The quantitative estimate of drug-likeness (QED) is 0.365. The number of anilines is 1. The molecule has 8 heteroatoms. The molecule has 0 radical (unpaired) electrons. The Morgan fingerprint density at radius 1 is 1.15 bits per heavy atom. The van der Waals surface area contributed by atoms with Gasteiger partial charge in [0.1, 0.15) is 0 Å². The van der Waals surface area contributed by atoms with Crippen LogP contribution >= 0.6 is 34.8 Å². The molecule has 1 N–H and O–H groups in total. The highest BCUT2D eigenvalue weighted by molar-refractivity contribution is 6.49. The predicted molar refractivity (Wildman–Crippen MR) is 109 cm³/mol. The highest BCUT2D eigenvalue weighted by Gasteiger charge is 2.12. The first-order chi connectivity index (χ1) is 12.4. The van der Waals surface area contributed by atoms with Crippen molar-refractivity contribution in [3.63, 3.8) is 0 Å². The summed E-state index contributed by atoms with van der Waals surface area (Å²) in [6.07, 6.45) is 0. The summed E-state index contributed by atoms with van der Waals surface area (Å²) in [5.74, 6) is 0.353. The fourth-order valence-corrected chi connectivity index (χ4v) is 3.22. The molecule has 2 aromatic carbocycles. The van der Waals surface area contributed by atoms with E-state index >= 15 is 0 Å². The van der Waals surface area contributed by atoms with Crippen molar-refractivity contribution >= 4 is 57.4 Å². The second kappa shape index (κ2) is 7.66. The van der Waals surface area contributed by atoms with Crippen LogP contribution in [0.3, 0.4) is 0 Å². The number of nitrogens with zero attached hydrogens (tertiary/aromatic N) is 3. The van der Waals surface area contributed by atoms with Gasteiger partial charge in [-0.15, -0.1) is 0 Å². The van der Waals surface area contributed by atoms with Crippen molar-refractivity contribution < 1.29 is 0 Å². The summed E-state index contributed by atoms with van der Waals surface area (Å²) < 4.78 is 1.52. The van der Waals surface area contributed by atoms with Crippen molar-refractivity contribution in [1.29, 1.82) is 0 Å². The van der Waals surface area contributed by atoms with Crippen molar-refractivity contribution in [2.45, 2.75) is 20.4 Å². The molecule has 1 aromatic heterocycles. The highest BCUT2D eigenvalue weighted by Crippen LogP contribution is 2.32. The summed E-state index contributed by atoms with van der Waals surface area (Å²) in [7, 11) is 0. The highest BCUT2D eigenvalue weighted by atomic mass is 35.5. The first-order valence-corrected chi connectivity index (χ1v) is 9.01. The molecular weight excluding hydrogens is 395 g/mol. The molecule has 3 rings (SSSR count). The summed E-state index contributed by atoms with van der Waals surface area (Å²) in [6, 6.07) is 10.6. The number of benzene rings is 2. The number of hydrogen-bond donors (Lipinski definition) is 1. The van der Waals surface area contributed by atoms with Crippen LogP contribution in [0.15, 0.2) is 46.3 Å². The molecular formula is C18H15Cl3N4O. The van der Waals surface area contributed by atoms with Crippen LogP contribution in [0, 0.1) is 0 Å². The Hall–Kier alpha value is -2.08. The van der Waals surface area contributed by atoms with Crippen LogP contribution in [0.4, 0.5) is 5.95 Å². The number of aromatic nitrogens is 2. The van der Waals surface area contributed by atoms with Gasteiger partial charge in [-0.05, 0) is 32.0 Å². The van der Waals surface area contributed by atoms with Crippen LogP contribution in [-0.4, -0.2) is 15.3 Å². The average molecular weight is 410 g/mol. The molecule has 0 aliphatic rings. The first-order valence-electron chi connectivity index (χ1n) is 7.87. The lowest BCUT2D eigenvalue weighted by Crippen LogP contribution is -2.23. The largest absolute Gasteiger partial charge is 0.277 e. The van der Waals surface area contributed by atoms with Crippen LogP contribution in [-0.2, 0) is 6.54 Å². The van der Waals surface area contributed by atoms with Gasteiger partial charge in [0, 0.05) is 12.1 Å². The number of hydrogen-bond acceptors (Lipinski definition) is 4. The molecule has 0 unspecified atom stereocenters. The van der Waals surface area contributed by atoms with Gasteiger partial charge in [0.25, 0.3) is 5.56 Å². The Morgan fingerprint density at radius 3 is 2.62 bits per heavy atom. The Kier molecular flexibility index (Phi) is 5.51. The molecule has 0 saturated carbocycles. The van der Waals surface area contributed by atoms with Gasteiger partial charge < -0.3 is 0 Å². The summed E-state index contributed by atoms with van der Waals surface area (Å²) in [4.78, 5) is 17.1. The molecule has 0 amide bonds. The molecule has 0 fully saturated rings. The lowest BCUT2D eigenvalue weighted by Gasteiger charge is -2.12. The van der Waals surface area contributed by atoms with Crippen molar-refractivity contribution in [3.8, 4) is 0 Å². The number of rotatable bonds is 4.